The summed E-state index contributed by atoms with van der Waals surface area (Å²) in [7, 11) is 1.61. The molecule has 0 fully saturated rings. The van der Waals surface area contributed by atoms with Gasteiger partial charge in [-0.25, -0.2) is 0 Å². The molecule has 2 amide bonds. The van der Waals surface area contributed by atoms with E-state index in [9.17, 15) is 9.59 Å². The van der Waals surface area contributed by atoms with E-state index >= 15 is 0 Å². The molecule has 0 atom stereocenters. The number of amides is 2. The number of anilines is 1. The number of nitrogens with zero attached hydrogens (tertiary/aromatic N) is 1. The SMILES string of the molecule is Cc1cccc(OCCCC(=O)N(C)CC(=O)Nc2cccc(Cl)c2)c1. The first-order valence-electron chi connectivity index (χ1n) is 8.43. The minimum absolute atomic E-state index is 0.00984. The Balaban J connectivity index is 1.69. The number of benzene rings is 2. The number of carbonyl (C=O) groups excluding carboxylic acids is 2. The molecule has 1 N–H and O–H groups in total. The Hall–Kier alpha value is -2.53. The van der Waals surface area contributed by atoms with Gasteiger partial charge in [-0.15, -0.1) is 0 Å². The number of carbonyl (C=O) groups is 2. The maximum atomic E-state index is 12.1. The van der Waals surface area contributed by atoms with E-state index < -0.39 is 0 Å². The normalized spacial score (nSPS) is 10.3. The molecule has 0 aliphatic rings. The van der Waals surface area contributed by atoms with E-state index in [0.29, 0.717) is 30.2 Å². The highest BCUT2D eigenvalue weighted by Gasteiger charge is 2.13. The molecule has 0 heterocycles. The first-order chi connectivity index (χ1) is 12.4. The van der Waals surface area contributed by atoms with Crippen LogP contribution in [0.25, 0.3) is 0 Å². The molecule has 2 rings (SSSR count). The van der Waals surface area contributed by atoms with Gasteiger partial charge in [-0.3, -0.25) is 9.59 Å². The maximum absolute atomic E-state index is 12.1. The standard InChI is InChI=1S/C20H23ClN2O3/c1-15-6-3-9-18(12-15)26-11-5-10-20(25)23(2)14-19(24)22-17-8-4-7-16(21)13-17/h3-4,6-9,12-13H,5,10-11,14H2,1-2H3,(H,22,24). The molecule has 2 aromatic rings. The molecule has 138 valence electrons. The van der Waals surface area contributed by atoms with E-state index in [4.69, 9.17) is 16.3 Å². The van der Waals surface area contributed by atoms with Crippen molar-refractivity contribution in [2.75, 3.05) is 25.5 Å². The van der Waals surface area contributed by atoms with Crippen molar-refractivity contribution in [3.8, 4) is 5.75 Å². The highest BCUT2D eigenvalue weighted by Crippen LogP contribution is 2.15. The van der Waals surface area contributed by atoms with E-state index in [1.807, 2.05) is 31.2 Å². The number of hydrogen-bond acceptors (Lipinski definition) is 3. The van der Waals surface area contributed by atoms with Crippen molar-refractivity contribution in [3.63, 3.8) is 0 Å². The maximum Gasteiger partial charge on any atom is 0.243 e. The Morgan fingerprint density at radius 3 is 2.65 bits per heavy atom. The molecule has 0 spiro atoms. The zero-order valence-corrected chi connectivity index (χ0v) is 15.8. The quantitative estimate of drug-likeness (QED) is 0.713. The van der Waals surface area contributed by atoms with Gasteiger partial charge in [0, 0.05) is 24.2 Å². The zero-order valence-electron chi connectivity index (χ0n) is 15.0. The monoisotopic (exact) mass is 374 g/mol. The van der Waals surface area contributed by atoms with Gasteiger partial charge >= 0.3 is 0 Å². The van der Waals surface area contributed by atoms with Crippen LogP contribution in [-0.4, -0.2) is 36.9 Å². The molecule has 6 heteroatoms. The van der Waals surface area contributed by atoms with Gasteiger partial charge in [0.15, 0.2) is 0 Å². The number of halogens is 1. The lowest BCUT2D eigenvalue weighted by Gasteiger charge is -2.17. The Kier molecular flexibility index (Phi) is 7.48. The molecular weight excluding hydrogens is 352 g/mol. The van der Waals surface area contributed by atoms with E-state index in [1.165, 1.54) is 4.90 Å². The van der Waals surface area contributed by atoms with E-state index in [1.54, 1.807) is 31.3 Å². The van der Waals surface area contributed by atoms with Crippen molar-refractivity contribution in [2.45, 2.75) is 19.8 Å². The zero-order chi connectivity index (χ0) is 18.9. The summed E-state index contributed by atoms with van der Waals surface area (Å²) in [6.07, 6.45) is 0.916. The highest BCUT2D eigenvalue weighted by molar-refractivity contribution is 6.30. The van der Waals surface area contributed by atoms with Crippen molar-refractivity contribution in [1.82, 2.24) is 4.90 Å². The number of likely N-dealkylation sites (N-methyl/N-ethyl adjacent to an activating group) is 1. The van der Waals surface area contributed by atoms with Gasteiger partial charge in [0.05, 0.1) is 13.2 Å². The summed E-state index contributed by atoms with van der Waals surface area (Å²) >= 11 is 5.88. The van der Waals surface area contributed by atoms with Crippen molar-refractivity contribution < 1.29 is 14.3 Å². The molecule has 0 bridgehead atoms. The first kappa shape index (κ1) is 19.8. The van der Waals surface area contributed by atoms with Gasteiger partial charge in [0.1, 0.15) is 5.75 Å². The summed E-state index contributed by atoms with van der Waals surface area (Å²) in [5.41, 5.74) is 1.74. The minimum atomic E-state index is -0.265. The first-order valence-corrected chi connectivity index (χ1v) is 8.80. The third-order valence-corrected chi connectivity index (χ3v) is 3.94. The summed E-state index contributed by atoms with van der Waals surface area (Å²) < 4.78 is 5.63. The van der Waals surface area contributed by atoms with Crippen LogP contribution in [0.3, 0.4) is 0 Å². The van der Waals surface area contributed by atoms with Gasteiger partial charge in [-0.05, 0) is 49.2 Å². The molecule has 26 heavy (non-hydrogen) atoms. The molecule has 0 aliphatic heterocycles. The van der Waals surface area contributed by atoms with E-state index in [0.717, 1.165) is 11.3 Å². The van der Waals surface area contributed by atoms with Gasteiger partial charge in [0.25, 0.3) is 0 Å². The second kappa shape index (κ2) is 9.82. The lowest BCUT2D eigenvalue weighted by Crippen LogP contribution is -2.34. The summed E-state index contributed by atoms with van der Waals surface area (Å²) in [4.78, 5) is 25.5. The van der Waals surface area contributed by atoms with Gasteiger partial charge in [0.2, 0.25) is 11.8 Å². The van der Waals surface area contributed by atoms with Crippen LogP contribution in [0, 0.1) is 6.92 Å². The van der Waals surface area contributed by atoms with Crippen LogP contribution in [0.4, 0.5) is 5.69 Å². The van der Waals surface area contributed by atoms with Gasteiger partial charge in [-0.1, -0.05) is 29.8 Å². The fourth-order valence-electron chi connectivity index (χ4n) is 2.38. The molecule has 0 aromatic heterocycles. The molecule has 0 unspecified atom stereocenters. The van der Waals surface area contributed by atoms with Gasteiger partial charge < -0.3 is 15.0 Å². The smallest absolute Gasteiger partial charge is 0.243 e. The van der Waals surface area contributed by atoms with Crippen LogP contribution >= 0.6 is 11.6 Å². The molecule has 0 aliphatic carbocycles. The fourth-order valence-corrected chi connectivity index (χ4v) is 2.57. The van der Waals surface area contributed by atoms with Crippen molar-refractivity contribution >= 4 is 29.1 Å². The summed E-state index contributed by atoms with van der Waals surface area (Å²) in [5, 5.41) is 3.26. The topological polar surface area (TPSA) is 58.6 Å². The van der Waals surface area contributed by atoms with Crippen LogP contribution in [0.5, 0.6) is 5.75 Å². The second-order valence-electron chi connectivity index (χ2n) is 6.08. The largest absolute Gasteiger partial charge is 0.494 e. The molecule has 5 nitrogen and oxygen atoms in total. The molecular formula is C20H23ClN2O3. The van der Waals surface area contributed by atoms with E-state index in [2.05, 4.69) is 5.32 Å². The van der Waals surface area contributed by atoms with Gasteiger partial charge in [-0.2, -0.15) is 0 Å². The number of rotatable bonds is 8. The molecule has 0 radical (unpaired) electrons. The summed E-state index contributed by atoms with van der Waals surface area (Å²) in [6, 6.07) is 14.7. The van der Waals surface area contributed by atoms with Crippen LogP contribution in [0.1, 0.15) is 18.4 Å². The molecule has 0 saturated heterocycles. The number of aryl methyl sites for hydroxylation is 1. The predicted octanol–water partition coefficient (Wildman–Crippen LogP) is 3.90. The Morgan fingerprint density at radius 2 is 1.92 bits per heavy atom. The molecule has 0 saturated carbocycles. The Labute approximate surface area is 158 Å². The predicted molar refractivity (Wildman–Crippen MR) is 104 cm³/mol. The van der Waals surface area contributed by atoms with Crippen molar-refractivity contribution in [1.29, 1.82) is 0 Å². The number of ether oxygens (including phenoxy) is 1. The Bertz CT molecular complexity index is 764. The van der Waals surface area contributed by atoms with Crippen molar-refractivity contribution in [2.24, 2.45) is 0 Å². The van der Waals surface area contributed by atoms with Crippen LogP contribution in [-0.2, 0) is 9.59 Å². The third-order valence-electron chi connectivity index (χ3n) is 3.71. The number of hydrogen-bond donors (Lipinski definition) is 1. The lowest BCUT2D eigenvalue weighted by molar-refractivity contribution is -0.133. The fraction of sp³-hybridized carbons (Fsp3) is 0.300. The molecule has 2 aromatic carbocycles. The van der Waals surface area contributed by atoms with E-state index in [-0.39, 0.29) is 18.4 Å². The minimum Gasteiger partial charge on any atom is -0.494 e. The summed E-state index contributed by atoms with van der Waals surface area (Å²) in [6.45, 7) is 2.45. The third kappa shape index (κ3) is 6.76. The summed E-state index contributed by atoms with van der Waals surface area (Å²) in [5.74, 6) is 0.435. The van der Waals surface area contributed by atoms with Crippen LogP contribution in [0.15, 0.2) is 48.5 Å². The van der Waals surface area contributed by atoms with Crippen LogP contribution in [0.2, 0.25) is 5.02 Å². The van der Waals surface area contributed by atoms with Crippen LogP contribution < -0.4 is 10.1 Å². The highest BCUT2D eigenvalue weighted by atomic mass is 35.5. The average molecular weight is 375 g/mol. The average Bonchev–Trinajstić information content (AvgIpc) is 2.58. The lowest BCUT2D eigenvalue weighted by atomic mass is 10.2. The number of nitrogens with one attached hydrogen (secondary N) is 1. The second-order valence-corrected chi connectivity index (χ2v) is 6.51. The Morgan fingerprint density at radius 1 is 1.15 bits per heavy atom. The van der Waals surface area contributed by atoms with Crippen molar-refractivity contribution in [3.05, 3.63) is 59.1 Å².